The van der Waals surface area contributed by atoms with E-state index in [-0.39, 0.29) is 23.0 Å². The van der Waals surface area contributed by atoms with Gasteiger partial charge in [-0.25, -0.2) is 9.59 Å². The third kappa shape index (κ3) is 2.65. The van der Waals surface area contributed by atoms with E-state index in [0.29, 0.717) is 11.5 Å². The number of rotatable bonds is 4. The van der Waals surface area contributed by atoms with Crippen molar-refractivity contribution in [3.63, 3.8) is 0 Å². The first-order valence-corrected chi connectivity index (χ1v) is 6.37. The molecule has 0 saturated carbocycles. The predicted octanol–water partition coefficient (Wildman–Crippen LogP) is 2.75. The van der Waals surface area contributed by atoms with Crippen molar-refractivity contribution in [2.45, 2.75) is 13.8 Å². The lowest BCUT2D eigenvalue weighted by Gasteiger charge is -2.15. The number of carbonyl (C=O) groups is 2. The maximum atomic E-state index is 12.1. The first-order valence-electron chi connectivity index (χ1n) is 6.37. The van der Waals surface area contributed by atoms with Crippen LogP contribution in [0.15, 0.2) is 59.1 Å². The summed E-state index contributed by atoms with van der Waals surface area (Å²) in [6, 6.07) is 6.11. The summed E-state index contributed by atoms with van der Waals surface area (Å²) in [6.07, 6.45) is 0. The second-order valence-corrected chi connectivity index (χ2v) is 4.47. The smallest absolute Gasteiger partial charge is 0.347 e. The molecule has 0 amide bonds. The van der Waals surface area contributed by atoms with Gasteiger partial charge in [-0.2, -0.15) is 0 Å². The first-order chi connectivity index (χ1) is 10.5. The van der Waals surface area contributed by atoms with Crippen molar-refractivity contribution in [3.05, 3.63) is 70.3 Å². The number of ether oxygens (including phenoxy) is 4. The maximum absolute atomic E-state index is 12.1. The zero-order valence-corrected chi connectivity index (χ0v) is 11.8. The monoisotopic (exact) mass is 298 g/mol. The van der Waals surface area contributed by atoms with Crippen LogP contribution in [0, 0.1) is 0 Å². The summed E-state index contributed by atoms with van der Waals surface area (Å²) in [7, 11) is 0. The molecule has 2 aliphatic heterocycles. The average molecular weight is 298 g/mol. The van der Waals surface area contributed by atoms with Crippen LogP contribution < -0.4 is 0 Å². The van der Waals surface area contributed by atoms with Crippen LogP contribution in [0.4, 0.5) is 0 Å². The van der Waals surface area contributed by atoms with Crippen molar-refractivity contribution < 1.29 is 28.5 Å². The highest BCUT2D eigenvalue weighted by molar-refractivity contribution is 6.03. The molecule has 0 aliphatic carbocycles. The maximum Gasteiger partial charge on any atom is 0.347 e. The summed E-state index contributed by atoms with van der Waals surface area (Å²) in [5, 5.41) is 0. The number of allylic oxidation sites excluding steroid dienone is 2. The Morgan fingerprint density at radius 2 is 1.23 bits per heavy atom. The molecular weight excluding hydrogens is 288 g/mol. The molecule has 2 aliphatic rings. The minimum Gasteiger partial charge on any atom is -0.416 e. The largest absolute Gasteiger partial charge is 0.416 e. The third-order valence-electron chi connectivity index (χ3n) is 2.79. The SMILES string of the molecule is CC1=C=C(OC(=O)c2ccccc2C(=O)OC2=C=C(C)O2)O1. The Bertz CT molecular complexity index is 748. The summed E-state index contributed by atoms with van der Waals surface area (Å²) in [5.41, 5.74) is 5.43. The first kappa shape index (κ1) is 13.8. The van der Waals surface area contributed by atoms with Gasteiger partial charge in [0.25, 0.3) is 0 Å². The quantitative estimate of drug-likeness (QED) is 0.628. The normalized spacial score (nSPS) is 14.6. The standard InChI is InChI=1S/C16H10O6/c1-9-7-13(19-9)21-15(17)11-5-3-4-6-12(11)16(18)22-14-8-10(2)20-14/h3-6H,1-2H3. The molecule has 6 heteroatoms. The molecule has 0 aromatic heterocycles. The van der Waals surface area contributed by atoms with E-state index in [1.807, 2.05) is 0 Å². The number of esters is 2. The zero-order valence-electron chi connectivity index (χ0n) is 11.8. The topological polar surface area (TPSA) is 71.1 Å². The van der Waals surface area contributed by atoms with E-state index >= 15 is 0 Å². The second-order valence-electron chi connectivity index (χ2n) is 4.47. The van der Waals surface area contributed by atoms with Gasteiger partial charge in [-0.3, -0.25) is 0 Å². The molecule has 0 radical (unpaired) electrons. The summed E-state index contributed by atoms with van der Waals surface area (Å²) < 4.78 is 19.8. The van der Waals surface area contributed by atoms with E-state index in [0.717, 1.165) is 0 Å². The van der Waals surface area contributed by atoms with Gasteiger partial charge in [0.05, 0.1) is 11.1 Å². The van der Waals surface area contributed by atoms with E-state index in [9.17, 15) is 9.59 Å². The van der Waals surface area contributed by atoms with Gasteiger partial charge < -0.3 is 18.9 Å². The summed E-state index contributed by atoms with van der Waals surface area (Å²) >= 11 is 0. The van der Waals surface area contributed by atoms with Crippen LogP contribution in [-0.2, 0) is 18.9 Å². The van der Waals surface area contributed by atoms with Gasteiger partial charge in [0.1, 0.15) is 0 Å². The molecule has 0 atom stereocenters. The molecule has 0 unspecified atom stereocenters. The Labute approximate surface area is 125 Å². The third-order valence-corrected chi connectivity index (χ3v) is 2.79. The van der Waals surface area contributed by atoms with Crippen LogP contribution in [0.1, 0.15) is 34.6 Å². The van der Waals surface area contributed by atoms with Gasteiger partial charge in [0.15, 0.2) is 11.5 Å². The van der Waals surface area contributed by atoms with Gasteiger partial charge in [-0.05, 0) is 12.1 Å². The molecule has 1 aromatic carbocycles. The van der Waals surface area contributed by atoms with Gasteiger partial charge in [0.2, 0.25) is 0 Å². The lowest BCUT2D eigenvalue weighted by atomic mass is 10.1. The minimum atomic E-state index is -0.738. The van der Waals surface area contributed by atoms with Crippen molar-refractivity contribution in [1.29, 1.82) is 0 Å². The van der Waals surface area contributed by atoms with E-state index in [1.165, 1.54) is 12.1 Å². The zero-order chi connectivity index (χ0) is 15.7. The number of carbonyl (C=O) groups excluding carboxylic acids is 2. The van der Waals surface area contributed by atoms with Crippen molar-refractivity contribution in [3.8, 4) is 0 Å². The molecule has 0 N–H and O–H groups in total. The van der Waals surface area contributed by atoms with E-state index in [1.54, 1.807) is 26.0 Å². The highest BCUT2D eigenvalue weighted by Gasteiger charge is 2.24. The molecular formula is C16H10O6. The molecule has 22 heavy (non-hydrogen) atoms. The van der Waals surface area contributed by atoms with Crippen LogP contribution in [0.2, 0.25) is 0 Å². The Morgan fingerprint density at radius 3 is 1.55 bits per heavy atom. The van der Waals surface area contributed by atoms with E-state index < -0.39 is 11.9 Å². The highest BCUT2D eigenvalue weighted by atomic mass is 16.7. The Balaban J connectivity index is 1.80. The fraction of sp³-hybridized carbons (Fsp3) is 0.125. The lowest BCUT2D eigenvalue weighted by molar-refractivity contribution is 0.0277. The van der Waals surface area contributed by atoms with Crippen LogP contribution in [0.5, 0.6) is 0 Å². The summed E-state index contributed by atoms with van der Waals surface area (Å²) in [6.45, 7) is 3.34. The Kier molecular flexibility index (Phi) is 3.31. The number of hydrogen-bond acceptors (Lipinski definition) is 6. The van der Waals surface area contributed by atoms with Crippen molar-refractivity contribution >= 4 is 11.9 Å². The van der Waals surface area contributed by atoms with E-state index in [2.05, 4.69) is 11.5 Å². The number of hydrogen-bond donors (Lipinski definition) is 0. The van der Waals surface area contributed by atoms with Gasteiger partial charge >= 0.3 is 23.8 Å². The summed E-state index contributed by atoms with van der Waals surface area (Å²) in [5.74, 6) is -0.502. The summed E-state index contributed by atoms with van der Waals surface area (Å²) in [4.78, 5) is 24.1. The Morgan fingerprint density at radius 1 is 0.864 bits per heavy atom. The predicted molar refractivity (Wildman–Crippen MR) is 71.9 cm³/mol. The molecule has 0 bridgehead atoms. The highest BCUT2D eigenvalue weighted by Crippen LogP contribution is 2.21. The molecule has 6 nitrogen and oxygen atoms in total. The molecule has 2 heterocycles. The molecule has 110 valence electrons. The van der Waals surface area contributed by atoms with Gasteiger partial charge in [-0.15, -0.1) is 0 Å². The van der Waals surface area contributed by atoms with Crippen LogP contribution in [-0.4, -0.2) is 11.9 Å². The molecule has 0 spiro atoms. The molecule has 3 rings (SSSR count). The molecule has 0 fully saturated rings. The number of benzene rings is 1. The van der Waals surface area contributed by atoms with Crippen LogP contribution in [0.25, 0.3) is 0 Å². The van der Waals surface area contributed by atoms with Crippen molar-refractivity contribution in [2.24, 2.45) is 0 Å². The molecule has 1 aromatic rings. The minimum absolute atomic E-state index is 0.0331. The van der Waals surface area contributed by atoms with Crippen molar-refractivity contribution in [1.82, 2.24) is 0 Å². The van der Waals surface area contributed by atoms with Crippen LogP contribution >= 0.6 is 0 Å². The Hall–Kier alpha value is -3.20. The average Bonchev–Trinajstić information content (AvgIpc) is 2.44. The second kappa shape index (κ2) is 5.30. The van der Waals surface area contributed by atoms with Gasteiger partial charge in [0, 0.05) is 25.3 Å². The lowest BCUT2D eigenvalue weighted by Crippen LogP contribution is -2.16. The van der Waals surface area contributed by atoms with Crippen molar-refractivity contribution in [2.75, 3.05) is 0 Å². The van der Waals surface area contributed by atoms with Crippen LogP contribution in [0.3, 0.4) is 0 Å². The fourth-order valence-corrected chi connectivity index (χ4v) is 1.79. The fourth-order valence-electron chi connectivity index (χ4n) is 1.79. The van der Waals surface area contributed by atoms with E-state index in [4.69, 9.17) is 18.9 Å². The van der Waals surface area contributed by atoms with Gasteiger partial charge in [-0.1, -0.05) is 12.1 Å². The molecule has 0 saturated heterocycles.